The lowest BCUT2D eigenvalue weighted by molar-refractivity contribution is -0.153. The molecule has 2 aromatic carbocycles. The van der Waals surface area contributed by atoms with Gasteiger partial charge in [-0.2, -0.15) is 0 Å². The smallest absolute Gasteiger partial charge is 0.321 e. The average Bonchev–Trinajstić information content (AvgIpc) is 3.24. The van der Waals surface area contributed by atoms with Crippen molar-refractivity contribution in [1.82, 2.24) is 9.55 Å². The van der Waals surface area contributed by atoms with Crippen molar-refractivity contribution in [2.75, 3.05) is 38.4 Å². The molecule has 36 heavy (non-hydrogen) atoms. The van der Waals surface area contributed by atoms with Gasteiger partial charge in [0.05, 0.1) is 30.3 Å². The summed E-state index contributed by atoms with van der Waals surface area (Å²) < 4.78 is 18.5. The first kappa shape index (κ1) is 25.7. The van der Waals surface area contributed by atoms with E-state index in [0.29, 0.717) is 38.0 Å². The Morgan fingerprint density at radius 1 is 1.08 bits per heavy atom. The van der Waals surface area contributed by atoms with Gasteiger partial charge in [-0.15, -0.1) is 0 Å². The predicted octanol–water partition coefficient (Wildman–Crippen LogP) is 4.61. The van der Waals surface area contributed by atoms with Gasteiger partial charge in [0.1, 0.15) is 5.75 Å². The van der Waals surface area contributed by atoms with Crippen molar-refractivity contribution in [3.8, 4) is 5.75 Å². The number of methoxy groups -OCH3 is 1. The SMILES string of the molecule is CCOC(=O)C1C(=O)N(CCCOC)c2nc3ccccc3n2C1c1ccc(OCCC(C)C)cc1. The number of anilines is 1. The first-order valence-electron chi connectivity index (χ1n) is 12.6. The number of amides is 1. The second-order valence-corrected chi connectivity index (χ2v) is 9.38. The zero-order valence-corrected chi connectivity index (χ0v) is 21.5. The first-order valence-corrected chi connectivity index (χ1v) is 12.6. The molecule has 0 N–H and O–H groups in total. The molecule has 0 fully saturated rings. The van der Waals surface area contributed by atoms with E-state index in [9.17, 15) is 9.59 Å². The molecule has 0 saturated heterocycles. The van der Waals surface area contributed by atoms with Gasteiger partial charge in [0.25, 0.3) is 0 Å². The number of benzene rings is 2. The van der Waals surface area contributed by atoms with E-state index in [4.69, 9.17) is 19.2 Å². The summed E-state index contributed by atoms with van der Waals surface area (Å²) in [4.78, 5) is 33.5. The number of nitrogens with zero attached hydrogens (tertiary/aromatic N) is 3. The van der Waals surface area contributed by atoms with E-state index in [2.05, 4.69) is 13.8 Å². The van der Waals surface area contributed by atoms with E-state index in [1.54, 1.807) is 18.9 Å². The van der Waals surface area contributed by atoms with Crippen molar-refractivity contribution in [3.05, 3.63) is 54.1 Å². The van der Waals surface area contributed by atoms with Crippen LogP contribution in [0.3, 0.4) is 0 Å². The lowest BCUT2D eigenvalue weighted by Crippen LogP contribution is -2.50. The van der Waals surface area contributed by atoms with Crippen LogP contribution in [-0.4, -0.2) is 54.9 Å². The molecular weight excluding hydrogens is 458 g/mol. The first-order chi connectivity index (χ1) is 17.5. The Bertz CT molecular complexity index is 1190. The Morgan fingerprint density at radius 2 is 1.83 bits per heavy atom. The van der Waals surface area contributed by atoms with Crippen molar-refractivity contribution in [2.24, 2.45) is 11.8 Å². The highest BCUT2D eigenvalue weighted by Crippen LogP contribution is 2.41. The molecule has 3 aromatic rings. The van der Waals surface area contributed by atoms with E-state index in [-0.39, 0.29) is 12.5 Å². The van der Waals surface area contributed by atoms with Gasteiger partial charge in [0.2, 0.25) is 11.9 Å². The van der Waals surface area contributed by atoms with Crippen molar-refractivity contribution in [1.29, 1.82) is 0 Å². The summed E-state index contributed by atoms with van der Waals surface area (Å²) in [6, 6.07) is 14.8. The highest BCUT2D eigenvalue weighted by molar-refractivity contribution is 6.08. The third-order valence-electron chi connectivity index (χ3n) is 6.40. The van der Waals surface area contributed by atoms with Crippen LogP contribution in [0, 0.1) is 11.8 Å². The molecule has 4 rings (SSSR count). The molecule has 2 unspecified atom stereocenters. The lowest BCUT2D eigenvalue weighted by Gasteiger charge is -2.38. The largest absolute Gasteiger partial charge is 0.494 e. The molecule has 0 spiro atoms. The van der Waals surface area contributed by atoms with Crippen molar-refractivity contribution in [3.63, 3.8) is 0 Å². The zero-order chi connectivity index (χ0) is 25.7. The third kappa shape index (κ3) is 5.23. The molecule has 2 atom stereocenters. The Kier molecular flexibility index (Phi) is 8.25. The van der Waals surface area contributed by atoms with Crippen LogP contribution in [0.25, 0.3) is 11.0 Å². The summed E-state index contributed by atoms with van der Waals surface area (Å²) in [6.45, 7) is 7.78. The van der Waals surface area contributed by atoms with Crippen LogP contribution in [0.4, 0.5) is 5.95 Å². The number of imidazole rings is 1. The third-order valence-corrected chi connectivity index (χ3v) is 6.40. The minimum atomic E-state index is -1.04. The van der Waals surface area contributed by atoms with Crippen molar-refractivity contribution >= 4 is 28.9 Å². The van der Waals surface area contributed by atoms with E-state index in [0.717, 1.165) is 28.8 Å². The maximum absolute atomic E-state index is 13.8. The predicted molar refractivity (Wildman–Crippen MR) is 138 cm³/mol. The van der Waals surface area contributed by atoms with Crippen LogP contribution >= 0.6 is 0 Å². The number of aromatic nitrogens is 2. The Labute approximate surface area is 212 Å². The maximum Gasteiger partial charge on any atom is 0.321 e. The van der Waals surface area contributed by atoms with Gasteiger partial charge in [-0.3, -0.25) is 14.5 Å². The quantitative estimate of drug-likeness (QED) is 0.220. The molecule has 0 radical (unpaired) electrons. The van der Waals surface area contributed by atoms with E-state index < -0.39 is 17.9 Å². The molecular formula is C28H35N3O5. The Balaban J connectivity index is 1.79. The second kappa shape index (κ2) is 11.6. The molecule has 0 bridgehead atoms. The Morgan fingerprint density at radius 3 is 2.53 bits per heavy atom. The molecule has 8 nitrogen and oxygen atoms in total. The zero-order valence-electron chi connectivity index (χ0n) is 21.5. The van der Waals surface area contributed by atoms with Crippen LogP contribution < -0.4 is 9.64 Å². The molecule has 1 aromatic heterocycles. The summed E-state index contributed by atoms with van der Waals surface area (Å²) in [5, 5.41) is 0. The molecule has 1 aliphatic heterocycles. The molecule has 8 heteroatoms. The number of esters is 1. The summed E-state index contributed by atoms with van der Waals surface area (Å²) in [5.41, 5.74) is 2.44. The number of ether oxygens (including phenoxy) is 3. The van der Waals surface area contributed by atoms with Crippen LogP contribution in [0.5, 0.6) is 5.75 Å². The number of fused-ring (bicyclic) bond motifs is 3. The van der Waals surface area contributed by atoms with Crippen LogP contribution in [-0.2, 0) is 19.1 Å². The number of rotatable bonds is 11. The number of hydrogen-bond acceptors (Lipinski definition) is 6. The molecule has 192 valence electrons. The molecule has 0 aliphatic carbocycles. The maximum atomic E-state index is 13.8. The van der Waals surface area contributed by atoms with Crippen LogP contribution in [0.15, 0.2) is 48.5 Å². The fourth-order valence-corrected chi connectivity index (χ4v) is 4.60. The van der Waals surface area contributed by atoms with Gasteiger partial charge < -0.3 is 18.8 Å². The molecule has 1 amide bonds. The normalized spacial score (nSPS) is 17.5. The van der Waals surface area contributed by atoms with Crippen molar-refractivity contribution in [2.45, 2.75) is 39.7 Å². The highest BCUT2D eigenvalue weighted by atomic mass is 16.5. The number of hydrogen-bond donors (Lipinski definition) is 0. The lowest BCUT2D eigenvalue weighted by atomic mass is 9.89. The van der Waals surface area contributed by atoms with Gasteiger partial charge in [0.15, 0.2) is 5.92 Å². The van der Waals surface area contributed by atoms with Crippen LogP contribution in [0.2, 0.25) is 0 Å². The summed E-state index contributed by atoms with van der Waals surface area (Å²) >= 11 is 0. The van der Waals surface area contributed by atoms with Gasteiger partial charge in [-0.1, -0.05) is 38.1 Å². The van der Waals surface area contributed by atoms with E-state index in [1.807, 2.05) is 53.1 Å². The topological polar surface area (TPSA) is 82.9 Å². The highest BCUT2D eigenvalue weighted by Gasteiger charge is 2.47. The summed E-state index contributed by atoms with van der Waals surface area (Å²) in [7, 11) is 1.63. The van der Waals surface area contributed by atoms with Gasteiger partial charge >= 0.3 is 5.97 Å². The molecule has 1 aliphatic rings. The fourth-order valence-electron chi connectivity index (χ4n) is 4.60. The minimum Gasteiger partial charge on any atom is -0.494 e. The van der Waals surface area contributed by atoms with Crippen molar-refractivity contribution < 1.29 is 23.8 Å². The molecule has 0 saturated carbocycles. The summed E-state index contributed by atoms with van der Waals surface area (Å²) in [5.74, 6) is -0.0428. The standard InChI is InChI=1S/C28H35N3O5/c1-5-35-27(33)24-25(20-11-13-21(14-12-20)36-18-15-19(2)3)31-23-10-7-6-9-22(23)29-28(31)30(26(24)32)16-8-17-34-4/h6-7,9-14,19,24-25H,5,8,15-18H2,1-4H3. The summed E-state index contributed by atoms with van der Waals surface area (Å²) in [6.07, 6.45) is 1.58. The Hall–Kier alpha value is -3.39. The number of para-hydroxylation sites is 2. The van der Waals surface area contributed by atoms with Gasteiger partial charge in [0, 0.05) is 20.3 Å². The van der Waals surface area contributed by atoms with Gasteiger partial charge in [-0.05, 0) is 55.5 Å². The average molecular weight is 494 g/mol. The fraction of sp³-hybridized carbons (Fsp3) is 0.464. The molecule has 2 heterocycles. The number of carbonyl (C=O) groups is 2. The van der Waals surface area contributed by atoms with E-state index >= 15 is 0 Å². The van der Waals surface area contributed by atoms with E-state index in [1.165, 1.54) is 0 Å². The second-order valence-electron chi connectivity index (χ2n) is 9.38. The van der Waals surface area contributed by atoms with Crippen LogP contribution in [0.1, 0.15) is 45.2 Å². The van der Waals surface area contributed by atoms with Gasteiger partial charge in [-0.25, -0.2) is 4.98 Å². The monoisotopic (exact) mass is 493 g/mol. The number of carbonyl (C=O) groups excluding carboxylic acids is 2. The minimum absolute atomic E-state index is 0.194.